The first-order valence-electron chi connectivity index (χ1n) is 6.60. The molecule has 0 amide bonds. The zero-order valence-electron chi connectivity index (χ0n) is 10.7. The number of nitrogens with one attached hydrogen (secondary N) is 1. The van der Waals surface area contributed by atoms with Crippen molar-refractivity contribution in [1.82, 2.24) is 10.3 Å². The van der Waals surface area contributed by atoms with E-state index in [0.717, 1.165) is 39.1 Å². The van der Waals surface area contributed by atoms with Gasteiger partial charge in [0.25, 0.3) is 0 Å². The van der Waals surface area contributed by atoms with Gasteiger partial charge in [-0.15, -0.1) is 11.3 Å². The highest BCUT2D eigenvalue weighted by atomic mass is 32.1. The van der Waals surface area contributed by atoms with Gasteiger partial charge >= 0.3 is 0 Å². The summed E-state index contributed by atoms with van der Waals surface area (Å²) < 4.78 is 11.5. The Bertz CT molecular complexity index is 376. The van der Waals surface area contributed by atoms with Gasteiger partial charge in [0.15, 0.2) is 0 Å². The molecule has 0 radical (unpaired) electrons. The average Bonchev–Trinajstić information content (AvgIpc) is 3.03. The van der Waals surface area contributed by atoms with Crippen LogP contribution in [0.2, 0.25) is 0 Å². The molecular formula is C13H20N2O2S. The molecule has 3 rings (SSSR count). The summed E-state index contributed by atoms with van der Waals surface area (Å²) in [5.41, 5.74) is 3.06. The molecule has 5 heteroatoms. The number of thiazole rings is 1. The molecule has 3 heterocycles. The van der Waals surface area contributed by atoms with E-state index in [1.807, 2.05) is 12.6 Å². The molecule has 18 heavy (non-hydrogen) atoms. The fourth-order valence-electron chi connectivity index (χ4n) is 3.21. The molecule has 3 unspecified atom stereocenters. The first-order chi connectivity index (χ1) is 8.83. The van der Waals surface area contributed by atoms with Crippen molar-refractivity contribution in [3.05, 3.63) is 16.6 Å². The number of nitrogens with zero attached hydrogens (tertiary/aromatic N) is 1. The second-order valence-corrected chi connectivity index (χ2v) is 5.99. The van der Waals surface area contributed by atoms with Gasteiger partial charge in [-0.05, 0) is 25.8 Å². The molecule has 1 aromatic heterocycles. The Labute approximate surface area is 112 Å². The molecule has 1 N–H and O–H groups in total. The van der Waals surface area contributed by atoms with Gasteiger partial charge < -0.3 is 14.8 Å². The summed E-state index contributed by atoms with van der Waals surface area (Å²) in [5, 5.41) is 5.58. The maximum absolute atomic E-state index is 6.00. The lowest BCUT2D eigenvalue weighted by atomic mass is 9.80. The summed E-state index contributed by atoms with van der Waals surface area (Å²) in [6, 6.07) is 0.345. The molecule has 1 aromatic rings. The van der Waals surface area contributed by atoms with Gasteiger partial charge in [-0.1, -0.05) is 0 Å². The molecule has 0 aromatic carbocycles. The third-order valence-corrected chi connectivity index (χ3v) is 4.76. The topological polar surface area (TPSA) is 43.4 Å². The Morgan fingerprint density at radius 1 is 1.56 bits per heavy atom. The van der Waals surface area contributed by atoms with Crippen LogP contribution < -0.4 is 5.32 Å². The largest absolute Gasteiger partial charge is 0.378 e. The van der Waals surface area contributed by atoms with Crippen molar-refractivity contribution in [2.24, 2.45) is 5.92 Å². The van der Waals surface area contributed by atoms with Crippen molar-refractivity contribution < 1.29 is 9.47 Å². The minimum Gasteiger partial charge on any atom is -0.378 e. The number of aromatic nitrogens is 1. The minimum absolute atomic E-state index is 0.0198. The van der Waals surface area contributed by atoms with E-state index in [1.165, 1.54) is 5.69 Å². The van der Waals surface area contributed by atoms with Crippen LogP contribution in [-0.4, -0.2) is 37.5 Å². The van der Waals surface area contributed by atoms with Crippen molar-refractivity contribution >= 4 is 11.3 Å². The lowest BCUT2D eigenvalue weighted by Crippen LogP contribution is -2.43. The zero-order valence-corrected chi connectivity index (χ0v) is 11.5. The summed E-state index contributed by atoms with van der Waals surface area (Å²) in [6.07, 6.45) is 3.22. The van der Waals surface area contributed by atoms with Crippen LogP contribution in [0.3, 0.4) is 0 Å². The van der Waals surface area contributed by atoms with Gasteiger partial charge in [0.2, 0.25) is 0 Å². The maximum atomic E-state index is 6.00. The highest BCUT2D eigenvalue weighted by Gasteiger charge is 2.43. The molecule has 2 aliphatic heterocycles. The molecule has 0 bridgehead atoms. The highest BCUT2D eigenvalue weighted by Crippen LogP contribution is 2.40. The first-order valence-corrected chi connectivity index (χ1v) is 7.54. The van der Waals surface area contributed by atoms with E-state index in [0.29, 0.717) is 12.0 Å². The Kier molecular flexibility index (Phi) is 3.66. The van der Waals surface area contributed by atoms with Crippen LogP contribution in [-0.2, 0) is 9.47 Å². The zero-order chi connectivity index (χ0) is 12.4. The molecule has 2 saturated heterocycles. The van der Waals surface area contributed by atoms with Crippen LogP contribution in [0, 0.1) is 5.92 Å². The second kappa shape index (κ2) is 5.25. The number of hydrogen-bond acceptors (Lipinski definition) is 5. The molecule has 2 fully saturated rings. The SMILES string of the molecule is CNC(c1cscn1)C1CCOC2(CCOC2)C1. The summed E-state index contributed by atoms with van der Waals surface area (Å²) >= 11 is 1.66. The summed E-state index contributed by atoms with van der Waals surface area (Å²) in [4.78, 5) is 4.46. The van der Waals surface area contributed by atoms with Gasteiger partial charge in [-0.3, -0.25) is 0 Å². The van der Waals surface area contributed by atoms with Crippen molar-refractivity contribution in [2.75, 3.05) is 26.9 Å². The average molecular weight is 268 g/mol. The maximum Gasteiger partial charge on any atom is 0.0940 e. The number of ether oxygens (including phenoxy) is 2. The third-order valence-electron chi connectivity index (χ3n) is 4.15. The van der Waals surface area contributed by atoms with E-state index in [4.69, 9.17) is 9.47 Å². The molecule has 0 saturated carbocycles. The Hall–Kier alpha value is -0.490. The van der Waals surface area contributed by atoms with Gasteiger partial charge in [0.1, 0.15) is 0 Å². The van der Waals surface area contributed by atoms with Crippen LogP contribution in [0.4, 0.5) is 0 Å². The van der Waals surface area contributed by atoms with Crippen LogP contribution in [0.15, 0.2) is 10.9 Å². The lowest BCUT2D eigenvalue weighted by molar-refractivity contribution is -0.103. The van der Waals surface area contributed by atoms with Crippen LogP contribution >= 0.6 is 11.3 Å². The van der Waals surface area contributed by atoms with Crippen molar-refractivity contribution in [3.63, 3.8) is 0 Å². The monoisotopic (exact) mass is 268 g/mol. The van der Waals surface area contributed by atoms with Gasteiger partial charge in [0, 0.05) is 25.0 Å². The lowest BCUT2D eigenvalue weighted by Gasteiger charge is -2.39. The fraction of sp³-hybridized carbons (Fsp3) is 0.769. The normalized spacial score (nSPS) is 33.9. The number of hydrogen-bond donors (Lipinski definition) is 1. The number of rotatable bonds is 3. The van der Waals surface area contributed by atoms with Crippen molar-refractivity contribution in [3.8, 4) is 0 Å². The van der Waals surface area contributed by atoms with Crippen molar-refractivity contribution in [2.45, 2.75) is 30.9 Å². The molecule has 2 aliphatic rings. The molecular weight excluding hydrogens is 248 g/mol. The Balaban J connectivity index is 1.74. The third kappa shape index (κ3) is 2.32. The molecule has 100 valence electrons. The van der Waals surface area contributed by atoms with Gasteiger partial charge in [0.05, 0.1) is 29.5 Å². The van der Waals surface area contributed by atoms with Crippen LogP contribution in [0.25, 0.3) is 0 Å². The summed E-state index contributed by atoms with van der Waals surface area (Å²) in [7, 11) is 2.03. The second-order valence-electron chi connectivity index (χ2n) is 5.27. The van der Waals surface area contributed by atoms with E-state index in [-0.39, 0.29) is 5.60 Å². The van der Waals surface area contributed by atoms with Crippen LogP contribution in [0.5, 0.6) is 0 Å². The van der Waals surface area contributed by atoms with E-state index >= 15 is 0 Å². The molecule has 1 spiro atoms. The molecule has 4 nitrogen and oxygen atoms in total. The van der Waals surface area contributed by atoms with E-state index in [2.05, 4.69) is 15.7 Å². The Morgan fingerprint density at radius 2 is 2.50 bits per heavy atom. The van der Waals surface area contributed by atoms with Gasteiger partial charge in [-0.2, -0.15) is 0 Å². The van der Waals surface area contributed by atoms with E-state index in [9.17, 15) is 0 Å². The summed E-state index contributed by atoms with van der Waals surface area (Å²) in [5.74, 6) is 0.590. The predicted molar refractivity (Wildman–Crippen MR) is 70.8 cm³/mol. The molecule has 3 atom stereocenters. The smallest absolute Gasteiger partial charge is 0.0940 e. The van der Waals surface area contributed by atoms with E-state index < -0.39 is 0 Å². The first kappa shape index (κ1) is 12.5. The predicted octanol–water partition coefficient (Wildman–Crippen LogP) is 1.99. The standard InChI is InChI=1S/C13H20N2O2S/c1-14-12(11-7-18-9-15-11)10-2-4-17-13(6-10)3-5-16-8-13/h7,9-10,12,14H,2-6,8H2,1H3. The summed E-state index contributed by atoms with van der Waals surface area (Å²) in [6.45, 7) is 2.45. The van der Waals surface area contributed by atoms with Crippen LogP contribution in [0.1, 0.15) is 31.0 Å². The van der Waals surface area contributed by atoms with Crippen molar-refractivity contribution in [1.29, 1.82) is 0 Å². The minimum atomic E-state index is -0.0198. The Morgan fingerprint density at radius 3 is 3.17 bits per heavy atom. The quantitative estimate of drug-likeness (QED) is 0.910. The fourth-order valence-corrected chi connectivity index (χ4v) is 3.80. The van der Waals surface area contributed by atoms with E-state index in [1.54, 1.807) is 11.3 Å². The highest BCUT2D eigenvalue weighted by molar-refractivity contribution is 7.07. The molecule has 0 aliphatic carbocycles. The van der Waals surface area contributed by atoms with Gasteiger partial charge in [-0.25, -0.2) is 4.98 Å².